The molecule has 0 aliphatic rings. The summed E-state index contributed by atoms with van der Waals surface area (Å²) in [5.74, 6) is 1.18. The van der Waals surface area contributed by atoms with Gasteiger partial charge in [0.25, 0.3) is 0 Å². The molecule has 0 aromatic heterocycles. The van der Waals surface area contributed by atoms with Gasteiger partial charge in [0.15, 0.2) is 11.5 Å². The second kappa shape index (κ2) is 8.20. The Labute approximate surface area is 113 Å². The second-order valence-corrected chi connectivity index (χ2v) is 3.77. The summed E-state index contributed by atoms with van der Waals surface area (Å²) in [5.41, 5.74) is 0.791. The molecule has 6 heteroatoms. The molecule has 19 heavy (non-hydrogen) atoms. The van der Waals surface area contributed by atoms with E-state index in [2.05, 4.69) is 10.6 Å². The van der Waals surface area contributed by atoms with Crippen molar-refractivity contribution in [2.24, 2.45) is 0 Å². The molecule has 1 aromatic carbocycles. The van der Waals surface area contributed by atoms with Gasteiger partial charge in [-0.2, -0.15) is 0 Å². The zero-order chi connectivity index (χ0) is 14.1. The highest BCUT2D eigenvalue weighted by atomic mass is 16.5. The van der Waals surface area contributed by atoms with Gasteiger partial charge in [-0.15, -0.1) is 0 Å². The van der Waals surface area contributed by atoms with Crippen LogP contribution in [0.15, 0.2) is 18.2 Å². The summed E-state index contributed by atoms with van der Waals surface area (Å²) in [5, 5.41) is 5.73. The normalized spacial score (nSPS) is 9.84. The lowest BCUT2D eigenvalue weighted by molar-refractivity contribution is -0.119. The summed E-state index contributed by atoms with van der Waals surface area (Å²) in [4.78, 5) is 11.5. The number of carbonyl (C=O) groups excluding carboxylic acids is 1. The van der Waals surface area contributed by atoms with E-state index in [0.29, 0.717) is 24.7 Å². The molecule has 0 saturated carbocycles. The van der Waals surface area contributed by atoms with Crippen LogP contribution < -0.4 is 20.1 Å². The first-order valence-corrected chi connectivity index (χ1v) is 5.92. The van der Waals surface area contributed by atoms with Crippen molar-refractivity contribution in [3.63, 3.8) is 0 Å². The zero-order valence-corrected chi connectivity index (χ0v) is 11.5. The zero-order valence-electron chi connectivity index (χ0n) is 11.5. The monoisotopic (exact) mass is 268 g/mol. The van der Waals surface area contributed by atoms with E-state index in [1.165, 1.54) is 0 Å². The molecular weight excluding hydrogens is 248 g/mol. The van der Waals surface area contributed by atoms with E-state index in [1.807, 2.05) is 6.07 Å². The van der Waals surface area contributed by atoms with Crippen LogP contribution in [0.3, 0.4) is 0 Å². The summed E-state index contributed by atoms with van der Waals surface area (Å²) in [6, 6.07) is 5.38. The second-order valence-electron chi connectivity index (χ2n) is 3.77. The van der Waals surface area contributed by atoms with Gasteiger partial charge in [-0.05, 0) is 12.1 Å². The van der Waals surface area contributed by atoms with Gasteiger partial charge < -0.3 is 24.8 Å². The average molecular weight is 268 g/mol. The fourth-order valence-electron chi connectivity index (χ4n) is 1.48. The number of amides is 1. The Morgan fingerprint density at radius 1 is 1.16 bits per heavy atom. The van der Waals surface area contributed by atoms with Gasteiger partial charge in [0.05, 0.1) is 27.4 Å². The fourth-order valence-corrected chi connectivity index (χ4v) is 1.48. The molecule has 0 bridgehead atoms. The predicted molar refractivity (Wildman–Crippen MR) is 72.9 cm³/mol. The molecule has 0 fully saturated rings. The van der Waals surface area contributed by atoms with Crippen LogP contribution in [0.1, 0.15) is 0 Å². The van der Waals surface area contributed by atoms with Crippen molar-refractivity contribution in [1.29, 1.82) is 0 Å². The maximum atomic E-state index is 11.5. The molecule has 0 unspecified atom stereocenters. The Morgan fingerprint density at radius 2 is 1.89 bits per heavy atom. The van der Waals surface area contributed by atoms with Crippen LogP contribution in [0, 0.1) is 0 Å². The number of hydrogen-bond acceptors (Lipinski definition) is 5. The van der Waals surface area contributed by atoms with Gasteiger partial charge in [-0.1, -0.05) is 0 Å². The molecule has 0 radical (unpaired) electrons. The number of hydrogen-bond donors (Lipinski definition) is 2. The van der Waals surface area contributed by atoms with Gasteiger partial charge in [0.2, 0.25) is 5.91 Å². The lowest BCUT2D eigenvalue weighted by atomic mass is 10.2. The SMILES string of the molecule is COCCNC(=O)CNc1ccc(OC)c(OC)c1. The Hall–Kier alpha value is -1.95. The third-order valence-electron chi connectivity index (χ3n) is 2.46. The lowest BCUT2D eigenvalue weighted by Crippen LogP contribution is -2.32. The standard InChI is InChI=1S/C13H20N2O4/c1-17-7-6-14-13(16)9-15-10-4-5-11(18-2)12(8-10)19-3/h4-5,8,15H,6-7,9H2,1-3H3,(H,14,16). The van der Waals surface area contributed by atoms with Crippen LogP contribution in [-0.2, 0) is 9.53 Å². The van der Waals surface area contributed by atoms with E-state index in [9.17, 15) is 4.79 Å². The van der Waals surface area contributed by atoms with Crippen molar-refractivity contribution in [1.82, 2.24) is 5.32 Å². The number of rotatable bonds is 8. The largest absolute Gasteiger partial charge is 0.493 e. The van der Waals surface area contributed by atoms with E-state index in [0.717, 1.165) is 5.69 Å². The van der Waals surface area contributed by atoms with Gasteiger partial charge in [0, 0.05) is 25.4 Å². The maximum Gasteiger partial charge on any atom is 0.239 e. The third-order valence-corrected chi connectivity index (χ3v) is 2.46. The summed E-state index contributed by atoms with van der Waals surface area (Å²) in [6.07, 6.45) is 0. The Kier molecular flexibility index (Phi) is 6.52. The summed E-state index contributed by atoms with van der Waals surface area (Å²) >= 11 is 0. The van der Waals surface area contributed by atoms with Crippen molar-refractivity contribution in [2.75, 3.05) is 46.3 Å². The molecule has 0 atom stereocenters. The molecule has 0 spiro atoms. The van der Waals surface area contributed by atoms with Crippen molar-refractivity contribution < 1.29 is 19.0 Å². The molecule has 1 aromatic rings. The first-order valence-electron chi connectivity index (χ1n) is 5.92. The maximum absolute atomic E-state index is 11.5. The molecular formula is C13H20N2O4. The summed E-state index contributed by atoms with van der Waals surface area (Å²) < 4.78 is 15.2. The van der Waals surface area contributed by atoms with Gasteiger partial charge in [-0.3, -0.25) is 4.79 Å². The summed E-state index contributed by atoms with van der Waals surface area (Å²) in [6.45, 7) is 1.20. The quantitative estimate of drug-likeness (QED) is 0.685. The molecule has 6 nitrogen and oxygen atoms in total. The topological polar surface area (TPSA) is 68.8 Å². The first kappa shape index (κ1) is 15.1. The highest BCUT2D eigenvalue weighted by molar-refractivity contribution is 5.80. The van der Waals surface area contributed by atoms with E-state index in [-0.39, 0.29) is 12.5 Å². The van der Waals surface area contributed by atoms with Gasteiger partial charge >= 0.3 is 0 Å². The Bertz CT molecular complexity index is 410. The lowest BCUT2D eigenvalue weighted by Gasteiger charge is -2.11. The number of nitrogens with one attached hydrogen (secondary N) is 2. The molecule has 1 amide bonds. The number of methoxy groups -OCH3 is 3. The van der Waals surface area contributed by atoms with Crippen LogP contribution in [-0.4, -0.2) is 46.9 Å². The van der Waals surface area contributed by atoms with Crippen molar-refractivity contribution in [2.45, 2.75) is 0 Å². The smallest absolute Gasteiger partial charge is 0.239 e. The van der Waals surface area contributed by atoms with E-state index in [1.54, 1.807) is 33.5 Å². The van der Waals surface area contributed by atoms with E-state index < -0.39 is 0 Å². The molecule has 0 aliphatic carbocycles. The van der Waals surface area contributed by atoms with E-state index >= 15 is 0 Å². The van der Waals surface area contributed by atoms with Gasteiger partial charge in [-0.25, -0.2) is 0 Å². The minimum Gasteiger partial charge on any atom is -0.493 e. The molecule has 106 valence electrons. The highest BCUT2D eigenvalue weighted by Crippen LogP contribution is 2.29. The predicted octanol–water partition coefficient (Wildman–Crippen LogP) is 0.878. The number of benzene rings is 1. The third kappa shape index (κ3) is 5.05. The van der Waals surface area contributed by atoms with Crippen LogP contribution in [0.5, 0.6) is 11.5 Å². The van der Waals surface area contributed by atoms with Crippen LogP contribution in [0.25, 0.3) is 0 Å². The van der Waals surface area contributed by atoms with Gasteiger partial charge in [0.1, 0.15) is 0 Å². The Morgan fingerprint density at radius 3 is 2.53 bits per heavy atom. The molecule has 1 rings (SSSR count). The first-order chi connectivity index (χ1) is 9.21. The highest BCUT2D eigenvalue weighted by Gasteiger charge is 2.05. The molecule has 0 aliphatic heterocycles. The average Bonchev–Trinajstić information content (AvgIpc) is 2.45. The van der Waals surface area contributed by atoms with Crippen molar-refractivity contribution >= 4 is 11.6 Å². The Balaban J connectivity index is 2.47. The van der Waals surface area contributed by atoms with Crippen LogP contribution in [0.4, 0.5) is 5.69 Å². The number of anilines is 1. The van der Waals surface area contributed by atoms with Crippen LogP contribution >= 0.6 is 0 Å². The molecule has 0 saturated heterocycles. The minimum absolute atomic E-state index is 0.0909. The van der Waals surface area contributed by atoms with Crippen molar-refractivity contribution in [3.8, 4) is 11.5 Å². The molecule has 2 N–H and O–H groups in total. The fraction of sp³-hybridized carbons (Fsp3) is 0.462. The molecule has 0 heterocycles. The van der Waals surface area contributed by atoms with Crippen LogP contribution in [0.2, 0.25) is 0 Å². The minimum atomic E-state index is -0.0909. The summed E-state index contributed by atoms with van der Waals surface area (Å²) in [7, 11) is 4.74. The van der Waals surface area contributed by atoms with E-state index in [4.69, 9.17) is 14.2 Å². The number of carbonyl (C=O) groups is 1. The number of ether oxygens (including phenoxy) is 3. The van der Waals surface area contributed by atoms with Crippen molar-refractivity contribution in [3.05, 3.63) is 18.2 Å².